The third-order valence-corrected chi connectivity index (χ3v) is 4.39. The van der Waals surface area contributed by atoms with Crippen LogP contribution < -0.4 is 0 Å². The lowest BCUT2D eigenvalue weighted by atomic mass is 10.1. The van der Waals surface area contributed by atoms with Crippen molar-refractivity contribution >= 4 is 13.9 Å². The van der Waals surface area contributed by atoms with E-state index in [0.29, 0.717) is 8.58 Å². The molecule has 1 unspecified atom stereocenters. The normalized spacial score (nSPS) is 12.3. The van der Waals surface area contributed by atoms with Crippen molar-refractivity contribution in [2.45, 2.75) is 13.8 Å². The van der Waals surface area contributed by atoms with Gasteiger partial charge in [-0.2, -0.15) is 0 Å². The molecule has 2 aromatic rings. The molecular weight excluding hydrogens is 297 g/mol. The molecule has 1 nitrogen and oxygen atoms in total. The zero-order valence-electron chi connectivity index (χ0n) is 13.7. The summed E-state index contributed by atoms with van der Waals surface area (Å²) in [7, 11) is 0.590. The summed E-state index contributed by atoms with van der Waals surface area (Å²) in [6.45, 7) is 8.28. The lowest BCUT2D eigenvalue weighted by Crippen LogP contribution is -1.87. The first-order valence-electron chi connectivity index (χ1n) is 7.64. The van der Waals surface area contributed by atoms with Crippen LogP contribution in [0.3, 0.4) is 0 Å². The van der Waals surface area contributed by atoms with Crippen molar-refractivity contribution in [3.63, 3.8) is 0 Å². The molecule has 2 rings (SSSR count). The summed E-state index contributed by atoms with van der Waals surface area (Å²) in [5.74, 6) is 2.15. The smallest absolute Gasteiger partial charge is 0.0731 e. The Morgan fingerprint density at radius 1 is 1.04 bits per heavy atom. The number of aromatic nitrogens is 1. The lowest BCUT2D eigenvalue weighted by Gasteiger charge is -2.07. The molecule has 1 atom stereocenters. The Balaban J connectivity index is 2.02. The first kappa shape index (κ1) is 17.1. The SMILES string of the molecule is C=C(P/C=C/C=C\C=C/C)c1ccc(-c2ncccc2C)cc1. The molecule has 1 aromatic heterocycles. The molecule has 1 aromatic carbocycles. The van der Waals surface area contributed by atoms with Gasteiger partial charge < -0.3 is 0 Å². The van der Waals surface area contributed by atoms with Crippen molar-refractivity contribution in [3.8, 4) is 11.3 Å². The van der Waals surface area contributed by atoms with Gasteiger partial charge in [0, 0.05) is 11.8 Å². The van der Waals surface area contributed by atoms with E-state index >= 15 is 0 Å². The van der Waals surface area contributed by atoms with Crippen LogP contribution in [0.2, 0.25) is 0 Å². The Morgan fingerprint density at radius 3 is 2.48 bits per heavy atom. The van der Waals surface area contributed by atoms with Gasteiger partial charge in [0.2, 0.25) is 0 Å². The van der Waals surface area contributed by atoms with Crippen molar-refractivity contribution in [3.05, 3.63) is 96.5 Å². The molecule has 23 heavy (non-hydrogen) atoms. The third kappa shape index (κ3) is 5.16. The summed E-state index contributed by atoms with van der Waals surface area (Å²) in [5, 5.41) is 1.14. The van der Waals surface area contributed by atoms with Crippen molar-refractivity contribution < 1.29 is 0 Å². The Labute approximate surface area is 141 Å². The molecule has 116 valence electrons. The van der Waals surface area contributed by atoms with Crippen molar-refractivity contribution in [1.82, 2.24) is 4.98 Å². The fourth-order valence-electron chi connectivity index (χ4n) is 2.14. The quantitative estimate of drug-likeness (QED) is 0.446. The number of hydrogen-bond acceptors (Lipinski definition) is 1. The van der Waals surface area contributed by atoms with Crippen molar-refractivity contribution in [2.24, 2.45) is 0 Å². The van der Waals surface area contributed by atoms with Gasteiger partial charge in [-0.1, -0.05) is 81.7 Å². The van der Waals surface area contributed by atoms with E-state index in [1.54, 1.807) is 0 Å². The number of benzene rings is 1. The van der Waals surface area contributed by atoms with Crippen LogP contribution in [0.1, 0.15) is 18.1 Å². The molecule has 0 fully saturated rings. The Hall–Kier alpha value is -2.24. The predicted octanol–water partition coefficient (Wildman–Crippen LogP) is 6.35. The van der Waals surface area contributed by atoms with Crippen LogP contribution >= 0.6 is 8.58 Å². The van der Waals surface area contributed by atoms with Crippen LogP contribution in [-0.2, 0) is 0 Å². The van der Waals surface area contributed by atoms with Gasteiger partial charge in [-0.25, -0.2) is 0 Å². The molecule has 0 saturated carbocycles. The van der Waals surface area contributed by atoms with Crippen LogP contribution in [0.15, 0.2) is 85.4 Å². The largest absolute Gasteiger partial charge is 0.256 e. The van der Waals surface area contributed by atoms with Crippen LogP contribution in [0.25, 0.3) is 16.6 Å². The molecule has 0 radical (unpaired) electrons. The molecule has 0 saturated heterocycles. The zero-order valence-corrected chi connectivity index (χ0v) is 14.7. The maximum atomic E-state index is 4.46. The molecule has 1 heterocycles. The van der Waals surface area contributed by atoms with E-state index in [1.807, 2.05) is 43.5 Å². The van der Waals surface area contributed by atoms with E-state index in [4.69, 9.17) is 0 Å². The van der Waals surface area contributed by atoms with Crippen LogP contribution in [0.5, 0.6) is 0 Å². The molecule has 0 aliphatic heterocycles. The van der Waals surface area contributed by atoms with E-state index < -0.39 is 0 Å². The minimum Gasteiger partial charge on any atom is -0.256 e. The van der Waals surface area contributed by atoms with Crippen LogP contribution in [0, 0.1) is 6.92 Å². The molecule has 0 aliphatic rings. The Bertz CT molecular complexity index is 737. The average molecular weight is 319 g/mol. The van der Waals surface area contributed by atoms with Gasteiger partial charge in [0.05, 0.1) is 5.69 Å². The molecule has 2 heteroatoms. The second kappa shape index (κ2) is 9.02. The first-order valence-corrected chi connectivity index (χ1v) is 8.72. The number of pyridine rings is 1. The Kier molecular flexibility index (Phi) is 6.72. The lowest BCUT2D eigenvalue weighted by molar-refractivity contribution is 1.27. The minimum absolute atomic E-state index is 0.590. The first-order chi connectivity index (χ1) is 11.2. The minimum atomic E-state index is 0.590. The van der Waals surface area contributed by atoms with Gasteiger partial charge in [0.15, 0.2) is 0 Å². The Morgan fingerprint density at radius 2 is 1.78 bits per heavy atom. The molecular formula is C21H22NP. The van der Waals surface area contributed by atoms with Gasteiger partial charge in [-0.3, -0.25) is 4.98 Å². The number of aryl methyl sites for hydroxylation is 1. The summed E-state index contributed by atoms with van der Waals surface area (Å²) in [4.78, 5) is 4.46. The van der Waals surface area contributed by atoms with Gasteiger partial charge in [0.1, 0.15) is 0 Å². The third-order valence-electron chi connectivity index (χ3n) is 3.40. The summed E-state index contributed by atoms with van der Waals surface area (Å²) in [6.07, 6.45) is 12.0. The highest BCUT2D eigenvalue weighted by atomic mass is 31.1. The van der Waals surface area contributed by atoms with Gasteiger partial charge in [-0.05, 0) is 36.4 Å². The van der Waals surface area contributed by atoms with Crippen LogP contribution in [-0.4, -0.2) is 4.98 Å². The second-order valence-corrected chi connectivity index (χ2v) is 6.36. The maximum Gasteiger partial charge on any atom is 0.0731 e. The van der Waals surface area contributed by atoms with Crippen LogP contribution in [0.4, 0.5) is 0 Å². The number of allylic oxidation sites excluding steroid dienone is 5. The van der Waals surface area contributed by atoms with E-state index in [1.165, 1.54) is 11.1 Å². The highest BCUT2D eigenvalue weighted by Gasteiger charge is 2.03. The summed E-state index contributed by atoms with van der Waals surface area (Å²) >= 11 is 0. The molecule has 0 amide bonds. The van der Waals surface area contributed by atoms with Gasteiger partial charge >= 0.3 is 0 Å². The number of rotatable bonds is 6. The highest BCUT2D eigenvalue weighted by molar-refractivity contribution is 7.53. The highest BCUT2D eigenvalue weighted by Crippen LogP contribution is 2.33. The zero-order chi connectivity index (χ0) is 16.5. The molecule has 0 spiro atoms. The average Bonchev–Trinajstić information content (AvgIpc) is 2.58. The van der Waals surface area contributed by atoms with E-state index in [9.17, 15) is 0 Å². The monoisotopic (exact) mass is 319 g/mol. The van der Waals surface area contributed by atoms with Gasteiger partial charge in [0.25, 0.3) is 0 Å². The number of nitrogens with zero attached hydrogens (tertiary/aromatic N) is 1. The summed E-state index contributed by atoms with van der Waals surface area (Å²) in [6, 6.07) is 12.5. The standard InChI is InChI=1S/C21H22NP/c1-4-5-6-7-8-16-23-18(3)19-11-13-20(14-12-19)21-17(2)10-9-15-22-21/h4-16,23H,3H2,1-2H3/b5-4-,7-6-,16-8+. The van der Waals surface area contributed by atoms with Crippen molar-refractivity contribution in [2.75, 3.05) is 0 Å². The maximum absolute atomic E-state index is 4.46. The fraction of sp³-hybridized carbons (Fsp3) is 0.0952. The summed E-state index contributed by atoms with van der Waals surface area (Å²) < 4.78 is 0. The topological polar surface area (TPSA) is 12.9 Å². The molecule has 0 bridgehead atoms. The second-order valence-electron chi connectivity index (χ2n) is 5.14. The van der Waals surface area contributed by atoms with Gasteiger partial charge in [-0.15, -0.1) is 0 Å². The molecule has 0 N–H and O–H groups in total. The van der Waals surface area contributed by atoms with E-state index in [-0.39, 0.29) is 0 Å². The number of hydrogen-bond donors (Lipinski definition) is 0. The van der Waals surface area contributed by atoms with E-state index in [0.717, 1.165) is 16.6 Å². The fourth-order valence-corrected chi connectivity index (χ4v) is 2.89. The summed E-state index contributed by atoms with van der Waals surface area (Å²) in [5.41, 5.74) is 4.56. The van der Waals surface area contributed by atoms with Crippen molar-refractivity contribution in [1.29, 1.82) is 0 Å². The molecule has 0 aliphatic carbocycles. The van der Waals surface area contributed by atoms with E-state index in [2.05, 4.69) is 60.7 Å². The predicted molar refractivity (Wildman–Crippen MR) is 105 cm³/mol.